The highest BCUT2D eigenvalue weighted by Crippen LogP contribution is 2.18. The first-order valence-corrected chi connectivity index (χ1v) is 9.79. The number of aryl methyl sites for hydroxylation is 1. The Kier molecular flexibility index (Phi) is 6.87. The van der Waals surface area contributed by atoms with Crippen LogP contribution in [0.1, 0.15) is 11.1 Å². The van der Waals surface area contributed by atoms with Crippen molar-refractivity contribution in [3.05, 3.63) is 59.4 Å². The average Bonchev–Trinajstić information content (AvgIpc) is 2.64. The first kappa shape index (κ1) is 21.5. The molecule has 0 unspecified atom stereocenters. The summed E-state index contributed by atoms with van der Waals surface area (Å²) in [5.41, 5.74) is 2.51. The molecule has 2 rings (SSSR count). The fraction of sp³-hybridized carbons (Fsp3) is 0.263. The van der Waals surface area contributed by atoms with E-state index in [1.807, 2.05) is 19.9 Å². The third kappa shape index (κ3) is 5.37. The van der Waals surface area contributed by atoms with Crippen LogP contribution in [0.4, 0.5) is 10.1 Å². The summed E-state index contributed by atoms with van der Waals surface area (Å²) >= 11 is 0. The van der Waals surface area contributed by atoms with Crippen LogP contribution in [-0.2, 0) is 24.3 Å². The number of hydrogen-bond acceptors (Lipinski definition) is 5. The van der Waals surface area contributed by atoms with Crippen LogP contribution < -0.4 is 5.32 Å². The molecule has 9 heteroatoms. The van der Waals surface area contributed by atoms with Gasteiger partial charge in [0, 0.05) is 12.7 Å². The van der Waals surface area contributed by atoms with Crippen molar-refractivity contribution in [3.8, 4) is 0 Å². The van der Waals surface area contributed by atoms with Gasteiger partial charge in [-0.05, 0) is 55.3 Å². The van der Waals surface area contributed by atoms with Crippen LogP contribution in [0.3, 0.4) is 0 Å². The molecule has 1 N–H and O–H groups in total. The molecule has 1 amide bonds. The Labute approximate surface area is 163 Å². The molecule has 7 nitrogen and oxygen atoms in total. The van der Waals surface area contributed by atoms with E-state index < -0.39 is 40.9 Å². The van der Waals surface area contributed by atoms with Gasteiger partial charge in [-0.25, -0.2) is 12.8 Å². The number of carbonyl (C=O) groups is 2. The second kappa shape index (κ2) is 8.94. The summed E-state index contributed by atoms with van der Waals surface area (Å²) in [6.45, 7) is 2.63. The largest absolute Gasteiger partial charge is 0.455 e. The molecule has 0 saturated carbocycles. The summed E-state index contributed by atoms with van der Waals surface area (Å²) in [4.78, 5) is 23.7. The molecule has 0 bridgehead atoms. The second-order valence-electron chi connectivity index (χ2n) is 6.17. The number of nitrogens with one attached hydrogen (secondary N) is 1. The molecule has 0 fully saturated rings. The zero-order valence-electron chi connectivity index (χ0n) is 15.7. The molecule has 2 aromatic carbocycles. The number of halogens is 1. The lowest BCUT2D eigenvalue weighted by atomic mass is 10.1. The number of hydrogen-bond donors (Lipinski definition) is 1. The zero-order valence-corrected chi connectivity index (χ0v) is 16.5. The number of likely N-dealkylation sites (N-methyl/N-ethyl adjacent to an activating group) is 1. The van der Waals surface area contributed by atoms with Crippen molar-refractivity contribution in [1.29, 1.82) is 0 Å². The average molecular weight is 408 g/mol. The molecule has 0 aliphatic carbocycles. The molecule has 0 aromatic heterocycles. The number of amides is 1. The minimum atomic E-state index is -3.98. The van der Waals surface area contributed by atoms with Gasteiger partial charge in [0.05, 0.1) is 4.90 Å². The summed E-state index contributed by atoms with van der Waals surface area (Å²) in [5, 5.41) is 2.64. The van der Waals surface area contributed by atoms with Gasteiger partial charge in [0.2, 0.25) is 10.0 Å². The van der Waals surface area contributed by atoms with E-state index in [-0.39, 0.29) is 4.90 Å². The second-order valence-corrected chi connectivity index (χ2v) is 8.22. The lowest BCUT2D eigenvalue weighted by Crippen LogP contribution is -2.34. The normalized spacial score (nSPS) is 11.3. The van der Waals surface area contributed by atoms with Crippen molar-refractivity contribution in [1.82, 2.24) is 4.31 Å². The van der Waals surface area contributed by atoms with Gasteiger partial charge in [0.1, 0.15) is 12.4 Å². The molecular weight excluding hydrogens is 387 g/mol. The molecule has 28 heavy (non-hydrogen) atoms. The molecule has 0 spiro atoms. The van der Waals surface area contributed by atoms with Crippen LogP contribution >= 0.6 is 0 Å². The summed E-state index contributed by atoms with van der Waals surface area (Å²) in [5.74, 6) is -1.99. The Balaban J connectivity index is 1.90. The lowest BCUT2D eigenvalue weighted by Gasteiger charge is -2.16. The Hall–Kier alpha value is -2.78. The third-order valence-electron chi connectivity index (χ3n) is 4.12. The van der Waals surface area contributed by atoms with Crippen molar-refractivity contribution < 1.29 is 27.1 Å². The van der Waals surface area contributed by atoms with Crippen molar-refractivity contribution in [2.75, 3.05) is 25.5 Å². The van der Waals surface area contributed by atoms with Crippen LogP contribution in [0, 0.1) is 19.7 Å². The quantitative estimate of drug-likeness (QED) is 0.710. The minimum absolute atomic E-state index is 0.156. The maximum atomic E-state index is 12.9. The van der Waals surface area contributed by atoms with Crippen LogP contribution in [-0.4, -0.2) is 44.8 Å². The third-order valence-corrected chi connectivity index (χ3v) is 5.93. The van der Waals surface area contributed by atoms with Crippen molar-refractivity contribution >= 4 is 27.6 Å². The van der Waals surface area contributed by atoms with E-state index in [2.05, 4.69) is 5.32 Å². The van der Waals surface area contributed by atoms with Gasteiger partial charge < -0.3 is 10.1 Å². The fourth-order valence-corrected chi connectivity index (χ4v) is 3.43. The molecule has 0 atom stereocenters. The van der Waals surface area contributed by atoms with Gasteiger partial charge in [-0.1, -0.05) is 12.1 Å². The Bertz CT molecular complexity index is 974. The summed E-state index contributed by atoms with van der Waals surface area (Å²) < 4.78 is 43.3. The highest BCUT2D eigenvalue weighted by molar-refractivity contribution is 7.89. The number of sulfonamides is 1. The van der Waals surface area contributed by atoms with E-state index in [1.54, 1.807) is 12.1 Å². The first-order valence-electron chi connectivity index (χ1n) is 8.35. The molecule has 0 radical (unpaired) electrons. The predicted molar refractivity (Wildman–Crippen MR) is 102 cm³/mol. The molecular formula is C19H21FN2O5S. The summed E-state index contributed by atoms with van der Waals surface area (Å²) in [7, 11) is -2.79. The Morgan fingerprint density at radius 1 is 1.11 bits per heavy atom. The smallest absolute Gasteiger partial charge is 0.321 e. The minimum Gasteiger partial charge on any atom is -0.455 e. The number of rotatable bonds is 7. The van der Waals surface area contributed by atoms with Gasteiger partial charge >= 0.3 is 5.97 Å². The van der Waals surface area contributed by atoms with E-state index in [1.165, 1.54) is 7.05 Å². The van der Waals surface area contributed by atoms with Crippen LogP contribution in [0.5, 0.6) is 0 Å². The van der Waals surface area contributed by atoms with Crippen molar-refractivity contribution in [3.63, 3.8) is 0 Å². The molecule has 150 valence electrons. The number of carbonyl (C=O) groups excluding carboxylic acids is 2. The SMILES string of the molecule is Cc1cccc(NC(=O)COC(=O)CN(C)S(=O)(=O)c2ccc(F)cc2)c1C. The molecule has 0 aliphatic heterocycles. The van der Waals surface area contributed by atoms with Crippen molar-refractivity contribution in [2.24, 2.45) is 0 Å². The maximum absolute atomic E-state index is 12.9. The first-order chi connectivity index (χ1) is 13.1. The Morgan fingerprint density at radius 3 is 2.39 bits per heavy atom. The molecule has 2 aromatic rings. The predicted octanol–water partition coefficient (Wildman–Crippen LogP) is 2.24. The number of benzene rings is 2. The fourth-order valence-electron chi connectivity index (χ4n) is 2.32. The Morgan fingerprint density at radius 2 is 1.75 bits per heavy atom. The van der Waals surface area contributed by atoms with Crippen LogP contribution in [0.15, 0.2) is 47.4 Å². The van der Waals surface area contributed by atoms with Gasteiger partial charge in [0.15, 0.2) is 6.61 Å². The lowest BCUT2D eigenvalue weighted by molar-refractivity contribution is -0.147. The maximum Gasteiger partial charge on any atom is 0.321 e. The molecule has 0 aliphatic rings. The van der Waals surface area contributed by atoms with E-state index >= 15 is 0 Å². The van der Waals surface area contributed by atoms with E-state index in [0.717, 1.165) is 39.7 Å². The van der Waals surface area contributed by atoms with Gasteiger partial charge in [-0.3, -0.25) is 9.59 Å². The van der Waals surface area contributed by atoms with Crippen LogP contribution in [0.2, 0.25) is 0 Å². The number of anilines is 1. The van der Waals surface area contributed by atoms with E-state index in [0.29, 0.717) is 5.69 Å². The molecule has 0 saturated heterocycles. The standard InChI is InChI=1S/C19H21FN2O5S/c1-13-5-4-6-17(14(13)2)21-18(23)12-27-19(24)11-22(3)28(25,26)16-9-7-15(20)8-10-16/h4-10H,11-12H2,1-3H3,(H,21,23). The van der Waals surface area contributed by atoms with E-state index in [4.69, 9.17) is 4.74 Å². The topological polar surface area (TPSA) is 92.8 Å². The van der Waals surface area contributed by atoms with Crippen LogP contribution in [0.25, 0.3) is 0 Å². The summed E-state index contributed by atoms with van der Waals surface area (Å²) in [6, 6.07) is 9.65. The van der Waals surface area contributed by atoms with E-state index in [9.17, 15) is 22.4 Å². The zero-order chi connectivity index (χ0) is 20.9. The number of esters is 1. The molecule has 0 heterocycles. The monoisotopic (exact) mass is 408 g/mol. The van der Waals surface area contributed by atoms with Crippen molar-refractivity contribution in [2.45, 2.75) is 18.7 Å². The highest BCUT2D eigenvalue weighted by Gasteiger charge is 2.24. The van der Waals surface area contributed by atoms with Gasteiger partial charge in [-0.15, -0.1) is 0 Å². The number of nitrogens with zero attached hydrogens (tertiary/aromatic N) is 1. The highest BCUT2D eigenvalue weighted by atomic mass is 32.2. The number of ether oxygens (including phenoxy) is 1. The van der Waals surface area contributed by atoms with Gasteiger partial charge in [-0.2, -0.15) is 4.31 Å². The van der Waals surface area contributed by atoms with Gasteiger partial charge in [0.25, 0.3) is 5.91 Å². The summed E-state index contributed by atoms with van der Waals surface area (Å²) in [6.07, 6.45) is 0.